The minimum atomic E-state index is -0.293. The molecule has 4 heteroatoms. The maximum absolute atomic E-state index is 5.82. The van der Waals surface area contributed by atoms with Crippen molar-refractivity contribution in [2.24, 2.45) is 0 Å². The van der Waals surface area contributed by atoms with Gasteiger partial charge in [0.25, 0.3) is 0 Å². The van der Waals surface area contributed by atoms with E-state index in [1.54, 1.807) is 0 Å². The van der Waals surface area contributed by atoms with Crippen LogP contribution in [0.4, 0.5) is 0 Å². The maximum Gasteiger partial charge on any atom is 0.155 e. The zero-order valence-electron chi connectivity index (χ0n) is 16.5. The third-order valence-corrected chi connectivity index (χ3v) is 4.18. The summed E-state index contributed by atoms with van der Waals surface area (Å²) in [5.74, 6) is 1.87. The molecule has 0 bridgehead atoms. The molecule has 142 valence electrons. The lowest BCUT2D eigenvalue weighted by Crippen LogP contribution is -2.20. The zero-order chi connectivity index (χ0) is 18.9. The number of rotatable bonds is 10. The quantitative estimate of drug-likeness (QED) is 0.453. The van der Waals surface area contributed by atoms with Gasteiger partial charge in [0, 0.05) is 0 Å². The van der Waals surface area contributed by atoms with Crippen LogP contribution in [0.5, 0.6) is 11.5 Å². The third-order valence-electron chi connectivity index (χ3n) is 4.18. The van der Waals surface area contributed by atoms with Gasteiger partial charge in [-0.1, -0.05) is 36.4 Å². The lowest BCUT2D eigenvalue weighted by atomic mass is 10.1. The van der Waals surface area contributed by atoms with Gasteiger partial charge in [-0.3, -0.25) is 0 Å². The van der Waals surface area contributed by atoms with Gasteiger partial charge in [0.15, 0.2) is 6.29 Å². The molecule has 0 unspecified atom stereocenters. The summed E-state index contributed by atoms with van der Waals surface area (Å²) in [7, 11) is 0. The van der Waals surface area contributed by atoms with Gasteiger partial charge in [-0.25, -0.2) is 0 Å². The molecule has 2 aromatic carbocycles. The van der Waals surface area contributed by atoms with E-state index in [1.165, 1.54) is 0 Å². The lowest BCUT2D eigenvalue weighted by Gasteiger charge is -2.17. The second-order valence-electron chi connectivity index (χ2n) is 6.45. The molecule has 0 fully saturated rings. The molecule has 0 aliphatic heterocycles. The Morgan fingerprint density at radius 3 is 1.31 bits per heavy atom. The molecule has 2 aromatic rings. The van der Waals surface area contributed by atoms with Crippen LogP contribution in [0.25, 0.3) is 0 Å². The van der Waals surface area contributed by atoms with Crippen LogP contribution in [0.15, 0.2) is 36.4 Å². The van der Waals surface area contributed by atoms with Crippen LogP contribution < -0.4 is 9.47 Å². The molecule has 2 rings (SSSR count). The average Bonchev–Trinajstić information content (AvgIpc) is 2.59. The molecule has 0 aliphatic rings. The standard InChI is InChI=1S/C22H30O4/c1-16-8-6-9-17(2)21(16)25-14-12-23-20(5)24-13-15-26-22-18(3)10-7-11-19(22)4/h6-11,20H,12-15H2,1-5H3. The van der Waals surface area contributed by atoms with Gasteiger partial charge in [0.1, 0.15) is 24.7 Å². The lowest BCUT2D eigenvalue weighted by molar-refractivity contribution is -0.138. The van der Waals surface area contributed by atoms with Crippen molar-refractivity contribution >= 4 is 0 Å². The van der Waals surface area contributed by atoms with Gasteiger partial charge in [-0.15, -0.1) is 0 Å². The van der Waals surface area contributed by atoms with Crippen molar-refractivity contribution in [3.63, 3.8) is 0 Å². The Kier molecular flexibility index (Phi) is 7.95. The molecular weight excluding hydrogens is 328 g/mol. The molecule has 4 nitrogen and oxygen atoms in total. The Balaban J connectivity index is 1.61. The average molecular weight is 358 g/mol. The Hall–Kier alpha value is -2.04. The number of ether oxygens (including phenoxy) is 4. The number of hydrogen-bond acceptors (Lipinski definition) is 4. The summed E-state index contributed by atoms with van der Waals surface area (Å²) >= 11 is 0. The molecule has 0 aliphatic carbocycles. The van der Waals surface area contributed by atoms with Gasteiger partial charge in [0.2, 0.25) is 0 Å². The van der Waals surface area contributed by atoms with Crippen molar-refractivity contribution < 1.29 is 18.9 Å². The second-order valence-corrected chi connectivity index (χ2v) is 6.45. The van der Waals surface area contributed by atoms with Crippen LogP contribution in [0, 0.1) is 27.7 Å². The summed E-state index contributed by atoms with van der Waals surface area (Å²) in [6.45, 7) is 12.0. The number of benzene rings is 2. The summed E-state index contributed by atoms with van der Waals surface area (Å²) in [5, 5.41) is 0. The van der Waals surface area contributed by atoms with E-state index in [0.29, 0.717) is 26.4 Å². The van der Waals surface area contributed by atoms with Crippen LogP contribution in [0.2, 0.25) is 0 Å². The molecule has 0 saturated carbocycles. The van der Waals surface area contributed by atoms with Crippen LogP contribution in [0.1, 0.15) is 29.2 Å². The van der Waals surface area contributed by atoms with Gasteiger partial charge < -0.3 is 18.9 Å². The summed E-state index contributed by atoms with van der Waals surface area (Å²) in [6, 6.07) is 12.3. The van der Waals surface area contributed by atoms with E-state index in [1.807, 2.05) is 71.0 Å². The third kappa shape index (κ3) is 6.04. The molecule has 0 atom stereocenters. The van der Waals surface area contributed by atoms with Gasteiger partial charge in [-0.2, -0.15) is 0 Å². The molecule has 0 saturated heterocycles. The summed E-state index contributed by atoms with van der Waals surface area (Å²) in [5.41, 5.74) is 4.55. The Bertz CT molecular complexity index is 597. The minimum absolute atomic E-state index is 0.293. The van der Waals surface area contributed by atoms with Gasteiger partial charge in [0.05, 0.1) is 13.2 Å². The first-order valence-corrected chi connectivity index (χ1v) is 9.10. The Labute approximate surface area is 157 Å². The predicted molar refractivity (Wildman–Crippen MR) is 104 cm³/mol. The van der Waals surface area contributed by atoms with Crippen molar-refractivity contribution in [1.82, 2.24) is 0 Å². The summed E-state index contributed by atoms with van der Waals surface area (Å²) < 4.78 is 22.9. The first kappa shape index (κ1) is 20.3. The monoisotopic (exact) mass is 358 g/mol. The van der Waals surface area contributed by atoms with E-state index in [0.717, 1.165) is 33.8 Å². The van der Waals surface area contributed by atoms with Crippen LogP contribution in [0.3, 0.4) is 0 Å². The van der Waals surface area contributed by atoms with E-state index in [2.05, 4.69) is 0 Å². The molecule has 0 aromatic heterocycles. The number of aryl methyl sites for hydroxylation is 4. The van der Waals surface area contributed by atoms with E-state index in [-0.39, 0.29) is 6.29 Å². The van der Waals surface area contributed by atoms with Crippen molar-refractivity contribution in [1.29, 1.82) is 0 Å². The van der Waals surface area contributed by atoms with Crippen LogP contribution >= 0.6 is 0 Å². The van der Waals surface area contributed by atoms with Crippen molar-refractivity contribution in [3.8, 4) is 11.5 Å². The fourth-order valence-electron chi connectivity index (χ4n) is 2.82. The smallest absolute Gasteiger partial charge is 0.155 e. The molecule has 0 radical (unpaired) electrons. The minimum Gasteiger partial charge on any atom is -0.491 e. The Morgan fingerprint density at radius 2 is 0.962 bits per heavy atom. The predicted octanol–water partition coefficient (Wildman–Crippen LogP) is 4.76. The molecule has 0 N–H and O–H groups in total. The van der Waals surface area contributed by atoms with E-state index in [4.69, 9.17) is 18.9 Å². The first-order valence-electron chi connectivity index (χ1n) is 9.10. The van der Waals surface area contributed by atoms with E-state index >= 15 is 0 Å². The Morgan fingerprint density at radius 1 is 0.615 bits per heavy atom. The summed E-state index contributed by atoms with van der Waals surface area (Å²) in [4.78, 5) is 0. The second kappa shape index (κ2) is 10.2. The number of hydrogen-bond donors (Lipinski definition) is 0. The van der Waals surface area contributed by atoms with Crippen LogP contribution in [-0.4, -0.2) is 32.7 Å². The fraction of sp³-hybridized carbons (Fsp3) is 0.455. The highest BCUT2D eigenvalue weighted by atomic mass is 16.7. The SMILES string of the molecule is Cc1cccc(C)c1OCCOC(C)OCCOc1c(C)cccc1C. The van der Waals surface area contributed by atoms with E-state index < -0.39 is 0 Å². The zero-order valence-corrected chi connectivity index (χ0v) is 16.5. The normalized spacial score (nSPS) is 11.0. The van der Waals surface area contributed by atoms with Gasteiger partial charge >= 0.3 is 0 Å². The fourth-order valence-corrected chi connectivity index (χ4v) is 2.82. The highest BCUT2D eigenvalue weighted by Crippen LogP contribution is 2.23. The van der Waals surface area contributed by atoms with Gasteiger partial charge in [-0.05, 0) is 56.9 Å². The van der Waals surface area contributed by atoms with Crippen molar-refractivity contribution in [2.75, 3.05) is 26.4 Å². The maximum atomic E-state index is 5.82. The van der Waals surface area contributed by atoms with Crippen molar-refractivity contribution in [2.45, 2.75) is 40.9 Å². The topological polar surface area (TPSA) is 36.9 Å². The van der Waals surface area contributed by atoms with Crippen molar-refractivity contribution in [3.05, 3.63) is 58.7 Å². The number of para-hydroxylation sites is 2. The highest BCUT2D eigenvalue weighted by molar-refractivity contribution is 5.40. The van der Waals surface area contributed by atoms with Crippen LogP contribution in [-0.2, 0) is 9.47 Å². The molecule has 0 amide bonds. The largest absolute Gasteiger partial charge is 0.491 e. The molecule has 0 heterocycles. The molecule has 0 spiro atoms. The summed E-state index contributed by atoms with van der Waals surface area (Å²) in [6.07, 6.45) is -0.293. The highest BCUT2D eigenvalue weighted by Gasteiger charge is 2.06. The first-order chi connectivity index (χ1) is 12.5. The molecule has 26 heavy (non-hydrogen) atoms. The molecular formula is C22H30O4. The van der Waals surface area contributed by atoms with E-state index in [9.17, 15) is 0 Å².